The van der Waals surface area contributed by atoms with Gasteiger partial charge in [-0.25, -0.2) is 9.78 Å². The zero-order valence-corrected chi connectivity index (χ0v) is 5.35. The van der Waals surface area contributed by atoms with Gasteiger partial charge >= 0.3 is 0 Å². The van der Waals surface area contributed by atoms with Gasteiger partial charge in [-0.15, -0.1) is 0 Å². The molecule has 0 heterocycles. The van der Waals surface area contributed by atoms with Crippen molar-refractivity contribution in [1.82, 2.24) is 0 Å². The zero-order chi connectivity index (χ0) is 5.54. The molecule has 0 amide bonds. The summed E-state index contributed by atoms with van der Waals surface area (Å²) in [5.74, 6) is 0. The Morgan fingerprint density at radius 1 is 1.38 bits per heavy atom. The summed E-state index contributed by atoms with van der Waals surface area (Å²) in [5.41, 5.74) is 0. The van der Waals surface area contributed by atoms with E-state index in [4.69, 9.17) is 0 Å². The molecule has 52 valence electrons. The molecule has 0 N–H and O–H groups in total. The van der Waals surface area contributed by atoms with Gasteiger partial charge in [-0.2, -0.15) is 0 Å². The number of rotatable bonds is 4. The van der Waals surface area contributed by atoms with Crippen molar-refractivity contribution >= 4 is 0 Å². The molecule has 0 spiro atoms. The maximum atomic E-state index is 4.57. The molecule has 0 aliphatic rings. The average molecular weight is 124 g/mol. The molecule has 0 aliphatic carbocycles. The fourth-order valence-electron chi connectivity index (χ4n) is 0.287. The third kappa shape index (κ3) is 9.28. The van der Waals surface area contributed by atoms with E-state index in [1.807, 2.05) is 0 Å². The van der Waals surface area contributed by atoms with E-state index < -0.39 is 0 Å². The highest BCUT2D eigenvalue weighted by Gasteiger charge is 1.79. The van der Waals surface area contributed by atoms with E-state index in [0.29, 0.717) is 6.61 Å². The first-order chi connectivity index (χ1) is 3.41. The van der Waals surface area contributed by atoms with Gasteiger partial charge in [0, 0.05) is 0 Å². The SMILES string of the molecule is CCCCOOC.F. The van der Waals surface area contributed by atoms with E-state index in [2.05, 4.69) is 16.7 Å². The van der Waals surface area contributed by atoms with Gasteiger partial charge in [0.25, 0.3) is 0 Å². The third-order valence-corrected chi connectivity index (χ3v) is 0.699. The molecule has 0 saturated carbocycles. The van der Waals surface area contributed by atoms with E-state index in [9.17, 15) is 0 Å². The predicted octanol–water partition coefficient (Wildman–Crippen LogP) is 1.52. The summed E-state index contributed by atoms with van der Waals surface area (Å²) in [5, 5.41) is 0. The Bertz CT molecular complexity index is 29.6. The lowest BCUT2D eigenvalue weighted by molar-refractivity contribution is -0.272. The van der Waals surface area contributed by atoms with Crippen LogP contribution in [0.25, 0.3) is 0 Å². The molecule has 0 aromatic carbocycles. The first kappa shape index (κ1) is 10.8. The Labute approximate surface area is 49.1 Å². The molecule has 0 radical (unpaired) electrons. The van der Waals surface area contributed by atoms with Crippen molar-refractivity contribution in [3.05, 3.63) is 0 Å². The van der Waals surface area contributed by atoms with Gasteiger partial charge in [0.15, 0.2) is 0 Å². The molecule has 0 aromatic rings. The monoisotopic (exact) mass is 124 g/mol. The first-order valence-electron chi connectivity index (χ1n) is 2.57. The highest BCUT2D eigenvalue weighted by atomic mass is 19.0. The van der Waals surface area contributed by atoms with Crippen LogP contribution in [0.5, 0.6) is 0 Å². The molecular weight excluding hydrogens is 111 g/mol. The quantitative estimate of drug-likeness (QED) is 0.321. The Hall–Kier alpha value is -0.150. The highest BCUT2D eigenvalue weighted by Crippen LogP contribution is 1.85. The Balaban J connectivity index is 0. The minimum absolute atomic E-state index is 0. The summed E-state index contributed by atoms with van der Waals surface area (Å²) in [6.07, 6.45) is 2.23. The first-order valence-corrected chi connectivity index (χ1v) is 2.57. The lowest BCUT2D eigenvalue weighted by Crippen LogP contribution is -1.90. The van der Waals surface area contributed by atoms with Crippen molar-refractivity contribution in [3.63, 3.8) is 0 Å². The minimum Gasteiger partial charge on any atom is -0.269 e. The van der Waals surface area contributed by atoms with Crippen LogP contribution in [0.2, 0.25) is 0 Å². The number of hydrogen-bond donors (Lipinski definition) is 0. The van der Waals surface area contributed by atoms with Crippen molar-refractivity contribution in [2.45, 2.75) is 19.8 Å². The fourth-order valence-corrected chi connectivity index (χ4v) is 0.287. The topological polar surface area (TPSA) is 18.5 Å². The van der Waals surface area contributed by atoms with Gasteiger partial charge in [0.1, 0.15) is 0 Å². The van der Waals surface area contributed by atoms with Gasteiger partial charge < -0.3 is 0 Å². The van der Waals surface area contributed by atoms with Crippen LogP contribution in [0.3, 0.4) is 0 Å². The average Bonchev–Trinajstić information content (AvgIpc) is 1.69. The van der Waals surface area contributed by atoms with Gasteiger partial charge in [-0.1, -0.05) is 13.3 Å². The molecule has 0 rings (SSSR count). The van der Waals surface area contributed by atoms with Crippen LogP contribution in [0.4, 0.5) is 4.70 Å². The van der Waals surface area contributed by atoms with Crippen LogP contribution in [0, 0.1) is 0 Å². The van der Waals surface area contributed by atoms with Crippen molar-refractivity contribution in [1.29, 1.82) is 0 Å². The molecule has 0 aliphatic heterocycles. The standard InChI is InChI=1S/C5H12O2.FH/c1-3-4-5-7-6-2;/h3-5H2,1-2H3;1H. The third-order valence-electron chi connectivity index (χ3n) is 0.699. The molecular formula is C5H13FO2. The molecule has 0 unspecified atom stereocenters. The van der Waals surface area contributed by atoms with Crippen LogP contribution in [-0.2, 0) is 9.78 Å². The van der Waals surface area contributed by atoms with E-state index in [1.54, 1.807) is 0 Å². The smallest absolute Gasteiger partial charge is 0.0822 e. The van der Waals surface area contributed by atoms with Crippen molar-refractivity contribution in [2.24, 2.45) is 0 Å². The van der Waals surface area contributed by atoms with Crippen molar-refractivity contribution in [3.8, 4) is 0 Å². The van der Waals surface area contributed by atoms with Gasteiger partial charge in [-0.3, -0.25) is 4.70 Å². The van der Waals surface area contributed by atoms with E-state index in [-0.39, 0.29) is 4.70 Å². The van der Waals surface area contributed by atoms with Crippen LogP contribution >= 0.6 is 0 Å². The van der Waals surface area contributed by atoms with Gasteiger partial charge in [-0.05, 0) is 6.42 Å². The Kier molecular flexibility index (Phi) is 13.4. The normalized spacial score (nSPS) is 8.25. The lowest BCUT2D eigenvalue weighted by atomic mass is 10.4. The predicted molar refractivity (Wildman–Crippen MR) is 30.4 cm³/mol. The molecule has 0 aromatic heterocycles. The second-order valence-corrected chi connectivity index (χ2v) is 1.34. The molecule has 0 bridgehead atoms. The number of unbranched alkanes of at least 4 members (excludes halogenated alkanes) is 1. The summed E-state index contributed by atoms with van der Waals surface area (Å²) in [4.78, 5) is 8.92. The van der Waals surface area contributed by atoms with Crippen LogP contribution in [0.15, 0.2) is 0 Å². The van der Waals surface area contributed by atoms with Gasteiger partial charge in [0.05, 0.1) is 13.7 Å². The van der Waals surface area contributed by atoms with Gasteiger partial charge in [0.2, 0.25) is 0 Å². The summed E-state index contributed by atoms with van der Waals surface area (Å²) in [6.45, 7) is 2.83. The fraction of sp³-hybridized carbons (Fsp3) is 1.00. The largest absolute Gasteiger partial charge is 0.269 e. The summed E-state index contributed by atoms with van der Waals surface area (Å²) < 4.78 is 0. The van der Waals surface area contributed by atoms with Crippen molar-refractivity contribution < 1.29 is 14.5 Å². The summed E-state index contributed by atoms with van der Waals surface area (Å²) >= 11 is 0. The highest BCUT2D eigenvalue weighted by molar-refractivity contribution is 4.25. The molecule has 0 fully saturated rings. The lowest BCUT2D eigenvalue weighted by Gasteiger charge is -1.93. The second-order valence-electron chi connectivity index (χ2n) is 1.34. The molecule has 0 atom stereocenters. The molecule has 2 nitrogen and oxygen atoms in total. The van der Waals surface area contributed by atoms with Crippen LogP contribution in [0.1, 0.15) is 19.8 Å². The number of hydrogen-bond acceptors (Lipinski definition) is 2. The summed E-state index contributed by atoms with van der Waals surface area (Å²) in [6, 6.07) is 0. The van der Waals surface area contributed by atoms with Crippen LogP contribution < -0.4 is 0 Å². The van der Waals surface area contributed by atoms with E-state index in [1.165, 1.54) is 7.11 Å². The second kappa shape index (κ2) is 9.97. The molecule has 3 heteroatoms. The molecule has 8 heavy (non-hydrogen) atoms. The van der Waals surface area contributed by atoms with Crippen molar-refractivity contribution in [2.75, 3.05) is 13.7 Å². The van der Waals surface area contributed by atoms with E-state index in [0.717, 1.165) is 12.8 Å². The minimum atomic E-state index is 0. The Morgan fingerprint density at radius 3 is 2.38 bits per heavy atom. The maximum absolute atomic E-state index is 4.57. The zero-order valence-electron chi connectivity index (χ0n) is 5.35. The number of halogens is 1. The van der Waals surface area contributed by atoms with E-state index >= 15 is 0 Å². The van der Waals surface area contributed by atoms with Crippen LogP contribution in [-0.4, -0.2) is 13.7 Å². The maximum Gasteiger partial charge on any atom is 0.0822 e. The molecule has 0 saturated heterocycles. The Morgan fingerprint density at radius 2 is 2.00 bits per heavy atom. The summed E-state index contributed by atoms with van der Waals surface area (Å²) in [7, 11) is 1.52.